The molecule has 1 heterocycles. The molecule has 2 atom stereocenters. The van der Waals surface area contributed by atoms with Crippen molar-refractivity contribution in [3.8, 4) is 0 Å². The second-order valence-corrected chi connectivity index (χ2v) is 6.10. The molecule has 0 bridgehead atoms. The molecule has 9 heteroatoms. The van der Waals surface area contributed by atoms with Crippen LogP contribution in [0.25, 0.3) is 0 Å². The van der Waals surface area contributed by atoms with Gasteiger partial charge in [0.2, 0.25) is 5.91 Å². The van der Waals surface area contributed by atoms with Gasteiger partial charge in [-0.15, -0.1) is 0 Å². The topological polar surface area (TPSA) is 121 Å². The van der Waals surface area contributed by atoms with Crippen molar-refractivity contribution in [3.63, 3.8) is 0 Å². The summed E-state index contributed by atoms with van der Waals surface area (Å²) in [4.78, 5) is 24.1. The first kappa shape index (κ1) is 13.2. The number of nitrogens with two attached hydrogens (primary N) is 1. The molecular weight excluding hydrogens is 262 g/mol. The number of rotatable bonds is 3. The summed E-state index contributed by atoms with van der Waals surface area (Å²) in [5, 5.41) is 13.7. The molecule has 102 valence electrons. The van der Waals surface area contributed by atoms with Crippen LogP contribution < -0.4 is 5.14 Å². The van der Waals surface area contributed by atoms with Gasteiger partial charge in [0.25, 0.3) is 10.2 Å². The molecule has 3 N–H and O–H groups in total. The average Bonchev–Trinajstić information content (AvgIpc) is 3.07. The van der Waals surface area contributed by atoms with Gasteiger partial charge in [-0.05, 0) is 6.42 Å². The fourth-order valence-corrected chi connectivity index (χ4v) is 2.81. The summed E-state index contributed by atoms with van der Waals surface area (Å²) in [7, 11) is -3.70. The van der Waals surface area contributed by atoms with Crippen LogP contribution in [0.3, 0.4) is 0 Å². The van der Waals surface area contributed by atoms with Gasteiger partial charge < -0.3 is 10.0 Å². The van der Waals surface area contributed by atoms with Crippen LogP contribution in [0.1, 0.15) is 6.42 Å². The maximum Gasteiger partial charge on any atom is 0.307 e. The summed E-state index contributed by atoms with van der Waals surface area (Å²) in [6.07, 6.45) is 0.379. The lowest BCUT2D eigenvalue weighted by Crippen LogP contribution is -2.52. The van der Waals surface area contributed by atoms with Crippen molar-refractivity contribution >= 4 is 22.1 Å². The molecular formula is C9H15N3O5S. The third-order valence-corrected chi connectivity index (χ3v) is 4.42. The molecule has 0 unspecified atom stereocenters. The highest BCUT2D eigenvalue weighted by molar-refractivity contribution is 7.86. The highest BCUT2D eigenvalue weighted by atomic mass is 32.2. The van der Waals surface area contributed by atoms with E-state index in [1.165, 1.54) is 4.90 Å². The van der Waals surface area contributed by atoms with Crippen molar-refractivity contribution in [1.82, 2.24) is 9.21 Å². The minimum atomic E-state index is -3.70. The molecule has 0 aromatic heterocycles. The van der Waals surface area contributed by atoms with Crippen LogP contribution >= 0.6 is 0 Å². The standard InChI is InChI=1S/C9H15N3O5S/c10-18(16,17)12-3-1-11(2-4-12)8(13)6-5-7(6)9(14)15/h6-7H,1-5H2,(H,14,15)(H2,10,16,17)/t6-,7+/m1/s1. The fourth-order valence-electron chi connectivity index (χ4n) is 2.14. The molecule has 8 nitrogen and oxygen atoms in total. The van der Waals surface area contributed by atoms with Gasteiger partial charge in [0, 0.05) is 26.2 Å². The van der Waals surface area contributed by atoms with Gasteiger partial charge in [0.05, 0.1) is 11.8 Å². The highest BCUT2D eigenvalue weighted by Crippen LogP contribution is 2.40. The van der Waals surface area contributed by atoms with Gasteiger partial charge >= 0.3 is 5.97 Å². The lowest BCUT2D eigenvalue weighted by atomic mass is 10.2. The minimum Gasteiger partial charge on any atom is -0.481 e. The molecule has 18 heavy (non-hydrogen) atoms. The molecule has 0 spiro atoms. The van der Waals surface area contributed by atoms with Gasteiger partial charge in [-0.2, -0.15) is 12.7 Å². The van der Waals surface area contributed by atoms with Crippen LogP contribution in [0.5, 0.6) is 0 Å². The molecule has 2 aliphatic rings. The Bertz CT molecular complexity index is 469. The summed E-state index contributed by atoms with van der Waals surface area (Å²) in [5.74, 6) is -2.16. The summed E-state index contributed by atoms with van der Waals surface area (Å²) < 4.78 is 23.3. The number of hydrogen-bond acceptors (Lipinski definition) is 4. The molecule has 1 amide bonds. The second kappa shape index (κ2) is 4.48. The lowest BCUT2D eigenvalue weighted by molar-refractivity contribution is -0.142. The molecule has 1 saturated carbocycles. The Hall–Kier alpha value is -1.19. The van der Waals surface area contributed by atoms with Crippen LogP contribution in [-0.2, 0) is 19.8 Å². The van der Waals surface area contributed by atoms with Crippen molar-refractivity contribution in [2.75, 3.05) is 26.2 Å². The van der Waals surface area contributed by atoms with Gasteiger partial charge in [0.1, 0.15) is 0 Å². The first-order valence-corrected chi connectivity index (χ1v) is 7.10. The van der Waals surface area contributed by atoms with E-state index >= 15 is 0 Å². The smallest absolute Gasteiger partial charge is 0.307 e. The zero-order valence-corrected chi connectivity index (χ0v) is 10.5. The summed E-state index contributed by atoms with van der Waals surface area (Å²) >= 11 is 0. The highest BCUT2D eigenvalue weighted by Gasteiger charge is 2.50. The fraction of sp³-hybridized carbons (Fsp3) is 0.778. The minimum absolute atomic E-state index is 0.162. The Morgan fingerprint density at radius 2 is 1.67 bits per heavy atom. The van der Waals surface area contributed by atoms with Gasteiger partial charge in [0.15, 0.2) is 0 Å². The molecule has 0 radical (unpaired) electrons. The Kier molecular flexibility index (Phi) is 3.30. The number of nitrogens with zero attached hydrogens (tertiary/aromatic N) is 2. The summed E-state index contributed by atoms with van der Waals surface area (Å²) in [5.41, 5.74) is 0. The number of aliphatic carboxylic acids is 1. The van der Waals surface area contributed by atoms with E-state index < -0.39 is 28.0 Å². The second-order valence-electron chi connectivity index (χ2n) is 4.56. The number of carbonyl (C=O) groups is 2. The van der Waals surface area contributed by atoms with Crippen LogP contribution in [0.2, 0.25) is 0 Å². The summed E-state index contributed by atoms with van der Waals surface area (Å²) in [6, 6.07) is 0. The first-order chi connectivity index (χ1) is 8.30. The number of amides is 1. The van der Waals surface area contributed by atoms with Crippen LogP contribution in [0, 0.1) is 11.8 Å². The van der Waals surface area contributed by atoms with Gasteiger partial charge in [-0.25, -0.2) is 5.14 Å². The maximum atomic E-state index is 11.9. The van der Waals surface area contributed by atoms with Gasteiger partial charge in [-0.1, -0.05) is 0 Å². The van der Waals surface area contributed by atoms with E-state index in [-0.39, 0.29) is 32.1 Å². The molecule has 1 aliphatic carbocycles. The van der Waals surface area contributed by atoms with Crippen molar-refractivity contribution < 1.29 is 23.1 Å². The SMILES string of the molecule is NS(=O)(=O)N1CCN(C(=O)[C@@H]2C[C@@H]2C(=O)O)CC1. The van der Waals surface area contributed by atoms with Gasteiger partial charge in [-0.3, -0.25) is 9.59 Å². The van der Waals surface area contributed by atoms with E-state index in [9.17, 15) is 18.0 Å². The van der Waals surface area contributed by atoms with E-state index in [0.29, 0.717) is 6.42 Å². The Balaban J connectivity index is 1.88. The average molecular weight is 277 g/mol. The van der Waals surface area contributed by atoms with Crippen molar-refractivity contribution in [2.45, 2.75) is 6.42 Å². The van der Waals surface area contributed by atoms with Crippen LogP contribution in [0.15, 0.2) is 0 Å². The monoisotopic (exact) mass is 277 g/mol. The Labute approximate surface area is 105 Å². The normalized spacial score (nSPS) is 29.1. The van der Waals surface area contributed by atoms with E-state index in [1.54, 1.807) is 0 Å². The van der Waals surface area contributed by atoms with E-state index in [0.717, 1.165) is 4.31 Å². The van der Waals surface area contributed by atoms with Crippen molar-refractivity contribution in [3.05, 3.63) is 0 Å². The van der Waals surface area contributed by atoms with E-state index in [4.69, 9.17) is 10.2 Å². The Morgan fingerprint density at radius 3 is 2.06 bits per heavy atom. The lowest BCUT2D eigenvalue weighted by Gasteiger charge is -2.33. The first-order valence-electron chi connectivity index (χ1n) is 5.60. The molecule has 1 saturated heterocycles. The number of carboxylic acid groups (broad SMARTS) is 1. The number of piperazine rings is 1. The third kappa shape index (κ3) is 2.62. The molecule has 2 fully saturated rings. The van der Waals surface area contributed by atoms with Crippen molar-refractivity contribution in [1.29, 1.82) is 0 Å². The zero-order chi connectivity index (χ0) is 13.5. The number of carboxylic acids is 1. The number of hydrogen-bond donors (Lipinski definition) is 2. The molecule has 0 aromatic carbocycles. The predicted octanol–water partition coefficient (Wildman–Crippen LogP) is -1.95. The largest absolute Gasteiger partial charge is 0.481 e. The number of carbonyl (C=O) groups excluding carboxylic acids is 1. The Morgan fingerprint density at radius 1 is 1.11 bits per heavy atom. The summed E-state index contributed by atoms with van der Waals surface area (Å²) in [6.45, 7) is 0.847. The maximum absolute atomic E-state index is 11.9. The molecule has 0 aromatic rings. The molecule has 2 rings (SSSR count). The van der Waals surface area contributed by atoms with Crippen molar-refractivity contribution in [2.24, 2.45) is 17.0 Å². The zero-order valence-electron chi connectivity index (χ0n) is 9.65. The third-order valence-electron chi connectivity index (χ3n) is 3.34. The van der Waals surface area contributed by atoms with Crippen LogP contribution in [-0.4, -0.2) is 60.8 Å². The quantitative estimate of drug-likeness (QED) is 0.621. The molecule has 1 aliphatic heterocycles. The predicted molar refractivity (Wildman–Crippen MR) is 60.5 cm³/mol. The van der Waals surface area contributed by atoms with E-state index in [1.807, 2.05) is 0 Å². The van der Waals surface area contributed by atoms with Crippen LogP contribution in [0.4, 0.5) is 0 Å². The van der Waals surface area contributed by atoms with E-state index in [2.05, 4.69) is 0 Å².